The summed E-state index contributed by atoms with van der Waals surface area (Å²) in [5.41, 5.74) is 7.93. The van der Waals surface area contributed by atoms with E-state index in [1.54, 1.807) is 18.4 Å². The van der Waals surface area contributed by atoms with E-state index in [-0.39, 0.29) is 6.04 Å². The van der Waals surface area contributed by atoms with Crippen LogP contribution >= 0.6 is 11.3 Å². The first-order chi connectivity index (χ1) is 9.67. The number of hydrogen-bond acceptors (Lipinski definition) is 4. The molecule has 1 heterocycles. The van der Waals surface area contributed by atoms with Gasteiger partial charge in [0.2, 0.25) is 0 Å². The highest BCUT2D eigenvalue weighted by Gasteiger charge is 2.08. The van der Waals surface area contributed by atoms with Crippen LogP contribution < -0.4 is 10.5 Å². The summed E-state index contributed by atoms with van der Waals surface area (Å²) in [6.45, 7) is 1.95. The number of methoxy groups -OCH3 is 1. The van der Waals surface area contributed by atoms with E-state index in [0.717, 1.165) is 27.4 Å². The Morgan fingerprint density at radius 2 is 1.90 bits per heavy atom. The van der Waals surface area contributed by atoms with Crippen molar-refractivity contribution in [3.8, 4) is 16.3 Å². The normalized spacial score (nSPS) is 12.6. The number of nitrogens with zero attached hydrogens (tertiary/aromatic N) is 1. The third-order valence-corrected chi connectivity index (χ3v) is 4.19. The number of ether oxygens (including phenoxy) is 1. The van der Waals surface area contributed by atoms with Crippen LogP contribution in [0.1, 0.15) is 18.7 Å². The topological polar surface area (TPSA) is 48.1 Å². The van der Waals surface area contributed by atoms with Gasteiger partial charge in [0, 0.05) is 17.0 Å². The molecule has 4 heteroatoms. The minimum atomic E-state index is -0.0234. The van der Waals surface area contributed by atoms with Crippen molar-refractivity contribution in [2.45, 2.75) is 13.0 Å². The molecule has 20 heavy (non-hydrogen) atoms. The minimum Gasteiger partial charge on any atom is -0.497 e. The SMILES string of the molecule is COc1ccc2cc(-c3nc(C(C)N)cs3)ccc2c1. The van der Waals surface area contributed by atoms with Gasteiger partial charge in [-0.3, -0.25) is 0 Å². The maximum Gasteiger partial charge on any atom is 0.123 e. The minimum absolute atomic E-state index is 0.0234. The first-order valence-electron chi connectivity index (χ1n) is 6.46. The molecule has 1 aromatic heterocycles. The molecule has 1 unspecified atom stereocenters. The molecule has 3 nitrogen and oxygen atoms in total. The molecule has 1 atom stereocenters. The van der Waals surface area contributed by atoms with E-state index in [9.17, 15) is 0 Å². The lowest BCUT2D eigenvalue weighted by atomic mass is 10.1. The highest BCUT2D eigenvalue weighted by Crippen LogP contribution is 2.29. The van der Waals surface area contributed by atoms with E-state index in [1.807, 2.05) is 24.4 Å². The van der Waals surface area contributed by atoms with E-state index >= 15 is 0 Å². The fourth-order valence-electron chi connectivity index (χ4n) is 2.11. The Kier molecular flexibility index (Phi) is 3.42. The van der Waals surface area contributed by atoms with Crippen molar-refractivity contribution in [3.63, 3.8) is 0 Å². The quantitative estimate of drug-likeness (QED) is 0.791. The predicted octanol–water partition coefficient (Wildman–Crippen LogP) is 3.99. The van der Waals surface area contributed by atoms with Crippen LogP contribution in [0.4, 0.5) is 0 Å². The highest BCUT2D eigenvalue weighted by atomic mass is 32.1. The predicted molar refractivity (Wildman–Crippen MR) is 84.2 cm³/mol. The summed E-state index contributed by atoms with van der Waals surface area (Å²) >= 11 is 1.63. The first-order valence-corrected chi connectivity index (χ1v) is 7.34. The third-order valence-electron chi connectivity index (χ3n) is 3.28. The van der Waals surface area contributed by atoms with Gasteiger partial charge in [-0.25, -0.2) is 4.98 Å². The van der Waals surface area contributed by atoms with Gasteiger partial charge in [0.25, 0.3) is 0 Å². The average Bonchev–Trinajstić information content (AvgIpc) is 2.96. The summed E-state index contributed by atoms with van der Waals surface area (Å²) in [5.74, 6) is 0.874. The second kappa shape index (κ2) is 5.23. The highest BCUT2D eigenvalue weighted by molar-refractivity contribution is 7.13. The molecule has 2 aromatic carbocycles. The molecule has 0 aliphatic heterocycles. The Hall–Kier alpha value is -1.91. The van der Waals surface area contributed by atoms with Gasteiger partial charge >= 0.3 is 0 Å². The second-order valence-electron chi connectivity index (χ2n) is 4.79. The Bertz CT molecular complexity index is 749. The number of aromatic nitrogens is 1. The summed E-state index contributed by atoms with van der Waals surface area (Å²) in [7, 11) is 1.68. The van der Waals surface area contributed by atoms with Crippen LogP contribution in [0.2, 0.25) is 0 Å². The summed E-state index contributed by atoms with van der Waals surface area (Å²) < 4.78 is 5.24. The number of nitrogens with two attached hydrogens (primary N) is 1. The van der Waals surface area contributed by atoms with Crippen LogP contribution in [-0.2, 0) is 0 Å². The Morgan fingerprint density at radius 1 is 1.15 bits per heavy atom. The summed E-state index contributed by atoms with van der Waals surface area (Å²) in [6, 6.07) is 12.4. The zero-order valence-corrected chi connectivity index (χ0v) is 12.3. The van der Waals surface area contributed by atoms with Gasteiger partial charge in [-0.05, 0) is 35.9 Å². The molecular weight excluding hydrogens is 268 g/mol. The molecule has 0 spiro atoms. The zero-order valence-electron chi connectivity index (χ0n) is 11.5. The largest absolute Gasteiger partial charge is 0.497 e. The van der Waals surface area contributed by atoms with E-state index < -0.39 is 0 Å². The molecule has 3 aromatic rings. The number of rotatable bonds is 3. The van der Waals surface area contributed by atoms with Crippen LogP contribution in [0.3, 0.4) is 0 Å². The Labute approximate surface area is 122 Å². The van der Waals surface area contributed by atoms with Gasteiger partial charge in [0.05, 0.1) is 12.8 Å². The first kappa shape index (κ1) is 13.1. The van der Waals surface area contributed by atoms with Gasteiger partial charge in [-0.1, -0.05) is 18.2 Å². The van der Waals surface area contributed by atoms with Crippen molar-refractivity contribution >= 4 is 22.1 Å². The maximum absolute atomic E-state index is 5.86. The van der Waals surface area contributed by atoms with Crippen molar-refractivity contribution in [1.82, 2.24) is 4.98 Å². The molecule has 102 valence electrons. The summed E-state index contributed by atoms with van der Waals surface area (Å²) in [4.78, 5) is 4.59. The number of thiazole rings is 1. The van der Waals surface area contributed by atoms with Crippen LogP contribution in [0.5, 0.6) is 5.75 Å². The monoisotopic (exact) mass is 284 g/mol. The van der Waals surface area contributed by atoms with Crippen LogP contribution in [-0.4, -0.2) is 12.1 Å². The van der Waals surface area contributed by atoms with E-state index in [2.05, 4.69) is 29.2 Å². The van der Waals surface area contributed by atoms with E-state index in [0.29, 0.717) is 0 Å². The molecule has 0 saturated heterocycles. The lowest BCUT2D eigenvalue weighted by Gasteiger charge is -2.04. The molecule has 0 radical (unpaired) electrons. The van der Waals surface area contributed by atoms with E-state index in [4.69, 9.17) is 10.5 Å². The molecule has 3 rings (SSSR count). The Balaban J connectivity index is 2.03. The molecule has 0 aliphatic rings. The van der Waals surface area contributed by atoms with Gasteiger partial charge in [-0.15, -0.1) is 11.3 Å². The lowest BCUT2D eigenvalue weighted by molar-refractivity contribution is 0.415. The van der Waals surface area contributed by atoms with Crippen LogP contribution in [0.15, 0.2) is 41.8 Å². The maximum atomic E-state index is 5.86. The Morgan fingerprint density at radius 3 is 2.60 bits per heavy atom. The molecule has 2 N–H and O–H groups in total. The van der Waals surface area contributed by atoms with Gasteiger partial charge in [0.1, 0.15) is 10.8 Å². The van der Waals surface area contributed by atoms with Gasteiger partial charge < -0.3 is 10.5 Å². The molecule has 0 amide bonds. The van der Waals surface area contributed by atoms with Gasteiger partial charge in [-0.2, -0.15) is 0 Å². The molecule has 0 bridgehead atoms. The molecule has 0 saturated carbocycles. The average molecular weight is 284 g/mol. The molecule has 0 aliphatic carbocycles. The molecule has 0 fully saturated rings. The molecular formula is C16H16N2OS. The number of benzene rings is 2. The standard InChI is InChI=1S/C16H16N2OS/c1-10(17)15-9-20-16(18-15)13-4-3-12-8-14(19-2)6-5-11(12)7-13/h3-10H,17H2,1-2H3. The van der Waals surface area contributed by atoms with Gasteiger partial charge in [0.15, 0.2) is 0 Å². The second-order valence-corrected chi connectivity index (χ2v) is 5.65. The fourth-order valence-corrected chi connectivity index (χ4v) is 3.03. The van der Waals surface area contributed by atoms with Crippen LogP contribution in [0, 0.1) is 0 Å². The van der Waals surface area contributed by atoms with Crippen molar-refractivity contribution in [3.05, 3.63) is 47.5 Å². The number of fused-ring (bicyclic) bond motifs is 1. The summed E-state index contributed by atoms with van der Waals surface area (Å²) in [6.07, 6.45) is 0. The zero-order chi connectivity index (χ0) is 14.1. The fraction of sp³-hybridized carbons (Fsp3) is 0.188. The smallest absolute Gasteiger partial charge is 0.123 e. The van der Waals surface area contributed by atoms with Crippen LogP contribution in [0.25, 0.3) is 21.3 Å². The number of hydrogen-bond donors (Lipinski definition) is 1. The van der Waals surface area contributed by atoms with Crippen molar-refractivity contribution in [1.29, 1.82) is 0 Å². The van der Waals surface area contributed by atoms with Crippen molar-refractivity contribution < 1.29 is 4.74 Å². The van der Waals surface area contributed by atoms with Crippen molar-refractivity contribution in [2.24, 2.45) is 5.73 Å². The van der Waals surface area contributed by atoms with E-state index in [1.165, 1.54) is 5.39 Å². The summed E-state index contributed by atoms with van der Waals surface area (Å²) in [5, 5.41) is 5.38. The lowest BCUT2D eigenvalue weighted by Crippen LogP contribution is -2.04. The van der Waals surface area contributed by atoms with Crippen molar-refractivity contribution in [2.75, 3.05) is 7.11 Å². The third kappa shape index (κ3) is 2.40.